The normalized spacial score (nSPS) is 17.8. The Balaban J connectivity index is 0.00000392. The van der Waals surface area contributed by atoms with Crippen LogP contribution in [0, 0.1) is 0 Å². The van der Waals surface area contributed by atoms with Gasteiger partial charge in [0.2, 0.25) is 0 Å². The number of hydrogen-bond acceptors (Lipinski definition) is 5. The topological polar surface area (TPSA) is 74.9 Å². The lowest BCUT2D eigenvalue weighted by molar-refractivity contribution is 0.141. The Morgan fingerprint density at radius 2 is 2.14 bits per heavy atom. The number of hydrogen-bond donors (Lipinski definition) is 2. The number of guanidine groups is 1. The summed E-state index contributed by atoms with van der Waals surface area (Å²) in [6.45, 7) is 11.6. The van der Waals surface area contributed by atoms with Gasteiger partial charge >= 0.3 is 0 Å². The molecule has 7 nitrogen and oxygen atoms in total. The Bertz CT molecular complexity index is 563. The first-order valence-corrected chi connectivity index (χ1v) is 10.4. The molecule has 0 bridgehead atoms. The Kier molecular flexibility index (Phi) is 12.7. The summed E-state index contributed by atoms with van der Waals surface area (Å²) in [4.78, 5) is 7.17. The zero-order valence-electron chi connectivity index (χ0n) is 17.9. The molecule has 2 rings (SSSR count). The number of ether oxygens (including phenoxy) is 1. The maximum atomic E-state index is 5.48. The minimum absolute atomic E-state index is 0. The Morgan fingerprint density at radius 3 is 2.82 bits per heavy atom. The van der Waals surface area contributed by atoms with Crippen molar-refractivity contribution in [2.24, 2.45) is 4.99 Å². The molecule has 0 amide bonds. The average Bonchev–Trinajstić information content (AvgIpc) is 3.33. The molecule has 0 aromatic carbocycles. The number of nitrogens with one attached hydrogen (secondary N) is 2. The number of aromatic nitrogens is 1. The van der Waals surface area contributed by atoms with E-state index in [1.54, 1.807) is 7.11 Å². The minimum atomic E-state index is 0. The molecule has 0 radical (unpaired) electrons. The van der Waals surface area contributed by atoms with Gasteiger partial charge in [-0.1, -0.05) is 19.0 Å². The third-order valence-electron chi connectivity index (χ3n) is 5.31. The van der Waals surface area contributed by atoms with Gasteiger partial charge in [-0.2, -0.15) is 0 Å². The van der Waals surface area contributed by atoms with Crippen LogP contribution in [0.1, 0.15) is 63.8 Å². The van der Waals surface area contributed by atoms with Crippen molar-refractivity contribution in [2.45, 2.75) is 65.0 Å². The molecular weight excluding hydrogens is 469 g/mol. The van der Waals surface area contributed by atoms with Crippen LogP contribution in [0.5, 0.6) is 0 Å². The van der Waals surface area contributed by atoms with Crippen LogP contribution < -0.4 is 10.6 Å². The zero-order valence-corrected chi connectivity index (χ0v) is 20.2. The molecule has 2 heterocycles. The standard InChI is InChI=1S/C20H37N5O2.HI/c1-5-16(6-2)19-13-18(27-24-19)15-23-20(21-7-3)22-14-17-9-8-10-25(17)11-12-26-4;/h13,16-17H,5-12,14-15H2,1-4H3,(H2,21,22,23);1H. The predicted octanol–water partition coefficient (Wildman–Crippen LogP) is 3.36. The Hall–Kier alpha value is -0.870. The van der Waals surface area contributed by atoms with Crippen LogP contribution in [0.3, 0.4) is 0 Å². The van der Waals surface area contributed by atoms with E-state index in [1.165, 1.54) is 12.8 Å². The molecule has 1 aliphatic heterocycles. The summed E-state index contributed by atoms with van der Waals surface area (Å²) in [5.74, 6) is 2.12. The van der Waals surface area contributed by atoms with E-state index in [0.29, 0.717) is 18.5 Å². The number of methoxy groups -OCH3 is 1. The second kappa shape index (κ2) is 14.2. The van der Waals surface area contributed by atoms with Crippen molar-refractivity contribution in [1.29, 1.82) is 0 Å². The van der Waals surface area contributed by atoms with Crippen molar-refractivity contribution in [2.75, 3.05) is 39.9 Å². The molecular formula is C20H38IN5O2. The van der Waals surface area contributed by atoms with E-state index >= 15 is 0 Å². The fourth-order valence-corrected chi connectivity index (χ4v) is 3.65. The van der Waals surface area contributed by atoms with Crippen molar-refractivity contribution in [3.63, 3.8) is 0 Å². The summed E-state index contributed by atoms with van der Waals surface area (Å²) in [5, 5.41) is 11.0. The second-order valence-electron chi connectivity index (χ2n) is 7.13. The van der Waals surface area contributed by atoms with Crippen LogP contribution in [-0.2, 0) is 11.3 Å². The summed E-state index contributed by atoms with van der Waals surface area (Å²) < 4.78 is 10.7. The third kappa shape index (κ3) is 7.87. The molecule has 1 fully saturated rings. The van der Waals surface area contributed by atoms with Gasteiger partial charge in [0.05, 0.1) is 12.3 Å². The molecule has 28 heavy (non-hydrogen) atoms. The number of halogens is 1. The quantitative estimate of drug-likeness (QED) is 0.272. The first-order chi connectivity index (χ1) is 13.2. The van der Waals surface area contributed by atoms with Crippen molar-refractivity contribution in [3.8, 4) is 0 Å². The lowest BCUT2D eigenvalue weighted by atomic mass is 9.99. The number of aliphatic imine (C=N–C) groups is 1. The van der Waals surface area contributed by atoms with Gasteiger partial charge in [-0.3, -0.25) is 4.90 Å². The highest BCUT2D eigenvalue weighted by atomic mass is 127. The summed E-state index contributed by atoms with van der Waals surface area (Å²) in [6.07, 6.45) is 4.63. The van der Waals surface area contributed by atoms with Crippen molar-refractivity contribution in [3.05, 3.63) is 17.5 Å². The van der Waals surface area contributed by atoms with Gasteiger partial charge in [-0.25, -0.2) is 4.99 Å². The highest BCUT2D eigenvalue weighted by Gasteiger charge is 2.24. The molecule has 162 valence electrons. The van der Waals surface area contributed by atoms with Crippen molar-refractivity contribution < 1.29 is 9.26 Å². The van der Waals surface area contributed by atoms with Crippen LogP contribution >= 0.6 is 24.0 Å². The molecule has 1 unspecified atom stereocenters. The summed E-state index contributed by atoms with van der Waals surface area (Å²) in [5.41, 5.74) is 1.04. The first kappa shape index (κ1) is 25.2. The first-order valence-electron chi connectivity index (χ1n) is 10.4. The summed E-state index contributed by atoms with van der Waals surface area (Å²) in [7, 11) is 1.76. The molecule has 1 atom stereocenters. The Labute approximate surface area is 187 Å². The van der Waals surface area contributed by atoms with E-state index in [1.807, 2.05) is 6.07 Å². The van der Waals surface area contributed by atoms with Gasteiger partial charge in [0, 0.05) is 44.8 Å². The van der Waals surface area contributed by atoms with Crippen LogP contribution in [0.4, 0.5) is 0 Å². The zero-order chi connectivity index (χ0) is 19.5. The highest BCUT2D eigenvalue weighted by molar-refractivity contribution is 14.0. The second-order valence-corrected chi connectivity index (χ2v) is 7.13. The van der Waals surface area contributed by atoms with Gasteiger partial charge in [-0.05, 0) is 39.2 Å². The lowest BCUT2D eigenvalue weighted by Gasteiger charge is -2.25. The van der Waals surface area contributed by atoms with Crippen LogP contribution in [0.2, 0.25) is 0 Å². The van der Waals surface area contributed by atoms with E-state index in [2.05, 4.69) is 46.5 Å². The predicted molar refractivity (Wildman–Crippen MR) is 125 cm³/mol. The molecule has 8 heteroatoms. The fourth-order valence-electron chi connectivity index (χ4n) is 3.65. The fraction of sp³-hybridized carbons (Fsp3) is 0.800. The SMILES string of the molecule is CCNC(=NCc1cc(C(CC)CC)no1)NCC1CCCN1CCOC.I. The highest BCUT2D eigenvalue weighted by Crippen LogP contribution is 2.22. The van der Waals surface area contributed by atoms with E-state index in [9.17, 15) is 0 Å². The minimum Gasteiger partial charge on any atom is -0.383 e. The van der Waals surface area contributed by atoms with E-state index in [0.717, 1.165) is 63.0 Å². The monoisotopic (exact) mass is 507 g/mol. The van der Waals surface area contributed by atoms with Crippen LogP contribution in [-0.4, -0.2) is 62.0 Å². The molecule has 1 aromatic rings. The molecule has 1 saturated heterocycles. The summed E-state index contributed by atoms with van der Waals surface area (Å²) >= 11 is 0. The number of likely N-dealkylation sites (tertiary alicyclic amines) is 1. The maximum absolute atomic E-state index is 5.48. The van der Waals surface area contributed by atoms with E-state index < -0.39 is 0 Å². The molecule has 0 spiro atoms. The molecule has 2 N–H and O–H groups in total. The van der Waals surface area contributed by atoms with Gasteiger partial charge in [0.1, 0.15) is 6.54 Å². The molecule has 1 aliphatic rings. The number of rotatable bonds is 11. The van der Waals surface area contributed by atoms with E-state index in [-0.39, 0.29) is 24.0 Å². The van der Waals surface area contributed by atoms with Gasteiger partial charge in [0.15, 0.2) is 11.7 Å². The van der Waals surface area contributed by atoms with Gasteiger partial charge in [0.25, 0.3) is 0 Å². The molecule has 0 saturated carbocycles. The van der Waals surface area contributed by atoms with Gasteiger partial charge < -0.3 is 19.9 Å². The largest absolute Gasteiger partial charge is 0.383 e. The van der Waals surface area contributed by atoms with Crippen LogP contribution in [0.15, 0.2) is 15.6 Å². The average molecular weight is 507 g/mol. The Morgan fingerprint density at radius 1 is 1.36 bits per heavy atom. The van der Waals surface area contributed by atoms with Crippen molar-refractivity contribution >= 4 is 29.9 Å². The van der Waals surface area contributed by atoms with E-state index in [4.69, 9.17) is 9.26 Å². The molecule has 0 aliphatic carbocycles. The molecule has 1 aromatic heterocycles. The maximum Gasteiger partial charge on any atom is 0.191 e. The van der Waals surface area contributed by atoms with Crippen molar-refractivity contribution in [1.82, 2.24) is 20.7 Å². The van der Waals surface area contributed by atoms with Crippen LogP contribution in [0.25, 0.3) is 0 Å². The lowest BCUT2D eigenvalue weighted by Crippen LogP contribution is -2.45. The summed E-state index contributed by atoms with van der Waals surface area (Å²) in [6, 6.07) is 2.59. The third-order valence-corrected chi connectivity index (χ3v) is 5.31. The van der Waals surface area contributed by atoms with Gasteiger partial charge in [-0.15, -0.1) is 24.0 Å². The number of nitrogens with zero attached hydrogens (tertiary/aromatic N) is 3. The smallest absolute Gasteiger partial charge is 0.191 e.